The number of carbonyl (C=O) groups excluding carboxylic acids is 4. The van der Waals surface area contributed by atoms with Gasteiger partial charge in [0.05, 0.1) is 48.3 Å². The van der Waals surface area contributed by atoms with E-state index in [2.05, 4.69) is 5.32 Å². The summed E-state index contributed by atoms with van der Waals surface area (Å²) in [6.07, 6.45) is -2.56. The van der Waals surface area contributed by atoms with Crippen LogP contribution in [0, 0.1) is 24.7 Å². The van der Waals surface area contributed by atoms with E-state index >= 15 is 0 Å². The number of aliphatic hydroxyl groups excluding tert-OH is 4. The van der Waals surface area contributed by atoms with Gasteiger partial charge >= 0.3 is 11.9 Å². The van der Waals surface area contributed by atoms with E-state index in [1.54, 1.807) is 0 Å². The molecule has 16 nitrogen and oxygen atoms in total. The molecule has 1 aliphatic carbocycles. The molecule has 0 saturated heterocycles. The summed E-state index contributed by atoms with van der Waals surface area (Å²) in [6, 6.07) is 0. The lowest BCUT2D eigenvalue weighted by molar-refractivity contribution is -0.171. The number of nitrogens with one attached hydrogen (secondary N) is 1. The number of amides is 1. The Labute approximate surface area is 324 Å². The number of methoxy groups -OCH3 is 1. The number of aromatic hydroxyl groups is 1. The Morgan fingerprint density at radius 2 is 1.43 bits per heavy atom. The first-order valence-corrected chi connectivity index (χ1v) is 17.9. The fourth-order valence-corrected chi connectivity index (χ4v) is 7.31. The summed E-state index contributed by atoms with van der Waals surface area (Å²) in [7, 11) is 1.01. The van der Waals surface area contributed by atoms with E-state index < -0.39 is 89.5 Å². The van der Waals surface area contributed by atoms with Gasteiger partial charge in [-0.1, -0.05) is 32.1 Å². The fraction of sp³-hybridized carbons (Fsp3) is 0.500. The molecular formula is C40H51NO15. The molecule has 0 aromatic heterocycles. The molecule has 56 heavy (non-hydrogen) atoms. The number of benzene rings is 1. The number of aliphatic hydroxyl groups is 6. The number of hydrogen-bond acceptors (Lipinski definition) is 15. The first-order chi connectivity index (χ1) is 25.9. The third kappa shape index (κ3) is 8.03. The quantitative estimate of drug-likeness (QED) is 0.122. The van der Waals surface area contributed by atoms with Crippen molar-refractivity contribution in [3.05, 3.63) is 69.2 Å². The minimum atomic E-state index is -2.22. The van der Waals surface area contributed by atoms with Crippen LogP contribution in [-0.2, 0) is 28.6 Å². The summed E-state index contributed by atoms with van der Waals surface area (Å²) >= 11 is 0. The predicted octanol–water partition coefficient (Wildman–Crippen LogP) is 2.22. The molecule has 0 unspecified atom stereocenters. The van der Waals surface area contributed by atoms with Crippen LogP contribution in [0.5, 0.6) is 11.5 Å². The maximum atomic E-state index is 14.0. The van der Waals surface area contributed by atoms with Crippen LogP contribution >= 0.6 is 0 Å². The minimum absolute atomic E-state index is 0.00246. The molecule has 5 rings (SSSR count). The van der Waals surface area contributed by atoms with Gasteiger partial charge in [0.25, 0.3) is 5.91 Å². The number of phenolic OH excluding ortho intramolecular Hbond substituents is 1. The summed E-state index contributed by atoms with van der Waals surface area (Å²) in [4.78, 5) is 53.1. The van der Waals surface area contributed by atoms with E-state index in [4.69, 9.17) is 18.9 Å². The standard InChI is InChI=1S/C40H51NO15/c1-16-12-11-13-39(8,51)35(47)20(5)29(44)26(38(50)53-10)30(45)21(6)36(48)40(9,52)14-17(2)32-25-23-24(28(43)19(4)33(25)55-15-54-32)31(46)27(41-37(16)49)18(3)34(23)56-22(7)42/h11-14,20-21,26,29-30,35-36,44-48,51-52H,15H2,1-10H3,(H,41,49)/t20-,21-,26+,29+,30+,35-,36+,39+,40-/m0/s1. The van der Waals surface area contributed by atoms with Crippen molar-refractivity contribution in [2.75, 3.05) is 19.2 Å². The third-order valence-corrected chi connectivity index (χ3v) is 10.7. The van der Waals surface area contributed by atoms with E-state index in [0.29, 0.717) is 0 Å². The smallest absolute Gasteiger partial charge is 0.313 e. The van der Waals surface area contributed by atoms with Gasteiger partial charge in [-0.05, 0) is 53.2 Å². The first-order valence-electron chi connectivity index (χ1n) is 17.9. The van der Waals surface area contributed by atoms with Crippen LogP contribution in [0.4, 0.5) is 5.69 Å². The maximum absolute atomic E-state index is 14.0. The Hall–Kier alpha value is -4.84. The van der Waals surface area contributed by atoms with Gasteiger partial charge in [0.2, 0.25) is 6.79 Å². The summed E-state index contributed by atoms with van der Waals surface area (Å²) < 4.78 is 22.2. The summed E-state index contributed by atoms with van der Waals surface area (Å²) in [5.41, 5.74) is -4.84. The van der Waals surface area contributed by atoms with Crippen molar-refractivity contribution in [1.29, 1.82) is 0 Å². The molecule has 1 aromatic rings. The van der Waals surface area contributed by atoms with Crippen molar-refractivity contribution in [1.82, 2.24) is 0 Å². The number of fused-ring (bicyclic) bond motifs is 14. The summed E-state index contributed by atoms with van der Waals surface area (Å²) in [5, 5.41) is 82.9. The van der Waals surface area contributed by atoms with Crippen molar-refractivity contribution in [3.8, 4) is 11.5 Å². The lowest BCUT2D eigenvalue weighted by atomic mass is 9.74. The van der Waals surface area contributed by atoms with Crippen LogP contribution in [0.2, 0.25) is 0 Å². The lowest BCUT2D eigenvalue weighted by Crippen LogP contribution is -2.54. The lowest BCUT2D eigenvalue weighted by Gasteiger charge is -2.40. The molecule has 16 heteroatoms. The second-order valence-corrected chi connectivity index (χ2v) is 15.0. The number of esters is 2. The number of rotatable bonds is 2. The molecule has 0 fully saturated rings. The van der Waals surface area contributed by atoms with Crippen LogP contribution in [-0.4, -0.2) is 109 Å². The Morgan fingerprint density at radius 3 is 1.98 bits per heavy atom. The maximum Gasteiger partial charge on any atom is 0.313 e. The molecule has 9 atom stereocenters. The average molecular weight is 786 g/mol. The highest BCUT2D eigenvalue weighted by molar-refractivity contribution is 6.21. The number of phenols is 1. The van der Waals surface area contributed by atoms with Gasteiger partial charge in [-0.2, -0.15) is 0 Å². The number of Topliss-reactive ketones (excluding diaryl/α,β-unsaturated/α-hetero) is 1. The molecular weight excluding hydrogens is 734 g/mol. The summed E-state index contributed by atoms with van der Waals surface area (Å²) in [6.45, 7) is 11.5. The van der Waals surface area contributed by atoms with Crippen molar-refractivity contribution in [3.63, 3.8) is 0 Å². The zero-order chi connectivity index (χ0) is 42.4. The number of carbonyl (C=O) groups is 4. The Bertz CT molecular complexity index is 1970. The van der Waals surface area contributed by atoms with Gasteiger partial charge in [0.15, 0.2) is 11.5 Å². The molecule has 4 aliphatic rings. The molecule has 8 N–H and O–H groups in total. The van der Waals surface area contributed by atoms with E-state index in [1.165, 1.54) is 73.6 Å². The zero-order valence-corrected chi connectivity index (χ0v) is 33.0. The second kappa shape index (κ2) is 16.3. The molecule has 1 amide bonds. The molecule has 3 aliphatic heterocycles. The monoisotopic (exact) mass is 785 g/mol. The van der Waals surface area contributed by atoms with Crippen molar-refractivity contribution in [2.24, 2.45) is 17.8 Å². The highest BCUT2D eigenvalue weighted by Gasteiger charge is 2.48. The van der Waals surface area contributed by atoms with Crippen LogP contribution < -0.4 is 10.1 Å². The molecule has 0 saturated carbocycles. The van der Waals surface area contributed by atoms with Gasteiger partial charge in [-0.15, -0.1) is 0 Å². The number of ketones is 1. The number of hydrogen-bond donors (Lipinski definition) is 8. The number of ether oxygens (including phenoxy) is 4. The Morgan fingerprint density at radius 1 is 0.875 bits per heavy atom. The molecule has 4 bridgehead atoms. The molecule has 0 spiro atoms. The molecule has 1 aromatic carbocycles. The first kappa shape index (κ1) is 43.9. The highest BCUT2D eigenvalue weighted by Crippen LogP contribution is 2.53. The molecule has 306 valence electrons. The van der Waals surface area contributed by atoms with Crippen LogP contribution in [0.3, 0.4) is 0 Å². The number of anilines is 1. The minimum Gasteiger partial charge on any atom is -0.505 e. The topological polar surface area (TPSA) is 259 Å². The van der Waals surface area contributed by atoms with Crippen molar-refractivity contribution >= 4 is 34.9 Å². The highest BCUT2D eigenvalue weighted by atomic mass is 16.7. The molecule has 3 heterocycles. The van der Waals surface area contributed by atoms with E-state index in [0.717, 1.165) is 20.1 Å². The average Bonchev–Trinajstić information content (AvgIpc) is 3.13. The Kier molecular flexibility index (Phi) is 12.8. The second-order valence-electron chi connectivity index (χ2n) is 15.0. The van der Waals surface area contributed by atoms with Crippen molar-refractivity contribution in [2.45, 2.75) is 97.9 Å². The largest absolute Gasteiger partial charge is 0.505 e. The Balaban J connectivity index is 2.08. The number of allylic oxidation sites excluding steroid dienone is 5. The van der Waals surface area contributed by atoms with Gasteiger partial charge in [0.1, 0.15) is 34.4 Å². The summed E-state index contributed by atoms with van der Waals surface area (Å²) in [5.74, 6) is -8.84. The normalized spacial score (nSPS) is 31.8. The van der Waals surface area contributed by atoms with Gasteiger partial charge in [0, 0.05) is 41.0 Å². The van der Waals surface area contributed by atoms with Gasteiger partial charge in [-0.3, -0.25) is 19.2 Å². The fourth-order valence-electron chi connectivity index (χ4n) is 7.31. The van der Waals surface area contributed by atoms with E-state index in [9.17, 15) is 54.9 Å². The van der Waals surface area contributed by atoms with Crippen LogP contribution in [0.15, 0.2) is 52.5 Å². The van der Waals surface area contributed by atoms with Crippen LogP contribution in [0.25, 0.3) is 5.57 Å². The van der Waals surface area contributed by atoms with E-state index in [-0.39, 0.29) is 61.9 Å². The zero-order valence-electron chi connectivity index (χ0n) is 33.0. The SMILES string of the molecule is COC(=O)[C@H]1[C@H](O)[C@H](C)[C@@H](O)[C@@](C)(O)C=C(C)C2=C3C(=C(C)C(=O)c4c(O)c(c(C)c(OC(C)=O)c43)NC(=O)C(C)=CC=C[C@@](C)(O)[C@@H](O)[C@@H](C)[C@H]1O)OCO2. The third-order valence-electron chi connectivity index (χ3n) is 10.7. The van der Waals surface area contributed by atoms with Gasteiger partial charge < -0.3 is 60.0 Å². The predicted molar refractivity (Wildman–Crippen MR) is 200 cm³/mol. The van der Waals surface area contributed by atoms with Gasteiger partial charge in [-0.25, -0.2) is 0 Å². The molecule has 0 radical (unpaired) electrons. The van der Waals surface area contributed by atoms with Crippen molar-refractivity contribution < 1.29 is 73.9 Å². The van der Waals surface area contributed by atoms with E-state index in [1.807, 2.05) is 0 Å². The van der Waals surface area contributed by atoms with Crippen LogP contribution in [0.1, 0.15) is 76.9 Å².